The lowest BCUT2D eigenvalue weighted by molar-refractivity contribution is -0.323. The van der Waals surface area contributed by atoms with Gasteiger partial charge < -0.3 is 14.0 Å². The molecular formula is C17H29FO2Si-. The summed E-state index contributed by atoms with van der Waals surface area (Å²) in [5.74, 6) is 0.850. The number of carboxylic acids is 1. The van der Waals surface area contributed by atoms with Crippen LogP contribution in [0.4, 0.5) is 4.11 Å². The highest BCUT2D eigenvalue weighted by Gasteiger charge is 2.44. The molecule has 1 radical (unpaired) electrons. The van der Waals surface area contributed by atoms with Gasteiger partial charge in [0, 0.05) is 11.4 Å². The van der Waals surface area contributed by atoms with Crippen molar-refractivity contribution >= 4 is 15.1 Å². The average Bonchev–Trinajstić information content (AvgIpc) is 2.46. The Morgan fingerprint density at radius 1 is 1.24 bits per heavy atom. The minimum absolute atomic E-state index is 0.230. The third-order valence-corrected chi connectivity index (χ3v) is 7.46. The van der Waals surface area contributed by atoms with Gasteiger partial charge in [-0.3, -0.25) is 0 Å². The lowest BCUT2D eigenvalue weighted by atomic mass is 9.63. The molecule has 2 rings (SSSR count). The first kappa shape index (κ1) is 17.0. The van der Waals surface area contributed by atoms with Gasteiger partial charge in [0.05, 0.1) is 0 Å². The van der Waals surface area contributed by atoms with Crippen LogP contribution in [0.15, 0.2) is 0 Å². The number of carbonyl (C=O) groups is 1. The summed E-state index contributed by atoms with van der Waals surface area (Å²) in [7, 11) is -1.75. The molecular weight excluding hydrogens is 283 g/mol. The highest BCUT2D eigenvalue weighted by molar-refractivity contribution is 6.51. The molecule has 4 heteroatoms. The molecule has 1 saturated carbocycles. The fraction of sp³-hybridized carbons (Fsp3) is 0.941. The van der Waals surface area contributed by atoms with Crippen LogP contribution >= 0.6 is 0 Å². The fourth-order valence-electron chi connectivity index (χ4n) is 4.32. The van der Waals surface area contributed by atoms with E-state index in [1.54, 1.807) is 0 Å². The maximum atomic E-state index is 13.5. The van der Waals surface area contributed by atoms with Gasteiger partial charge in [0.1, 0.15) is 0 Å². The number of carboxylic acid groups (broad SMARTS) is 1. The van der Waals surface area contributed by atoms with Crippen molar-refractivity contribution in [1.29, 1.82) is 0 Å². The van der Waals surface area contributed by atoms with Crippen molar-refractivity contribution in [3.63, 3.8) is 0 Å². The Morgan fingerprint density at radius 3 is 2.29 bits per heavy atom. The summed E-state index contributed by atoms with van der Waals surface area (Å²) >= 11 is 0. The quantitative estimate of drug-likeness (QED) is 0.573. The Hall–Kier alpha value is -0.383. The summed E-state index contributed by atoms with van der Waals surface area (Å²) in [6.07, 6.45) is 7.92. The van der Waals surface area contributed by atoms with Crippen LogP contribution in [-0.4, -0.2) is 15.1 Å². The van der Waals surface area contributed by atoms with Gasteiger partial charge >= 0.3 is 0 Å². The molecule has 0 amide bonds. The number of hydrogen-bond donors (Lipinski definition) is 0. The third-order valence-electron chi connectivity index (χ3n) is 5.87. The molecule has 121 valence electrons. The highest BCUT2D eigenvalue weighted by Crippen LogP contribution is 2.49. The molecule has 0 aromatic heterocycles. The molecule has 1 heterocycles. The van der Waals surface area contributed by atoms with Gasteiger partial charge in [0.15, 0.2) is 0 Å². The first-order valence-corrected chi connectivity index (χ1v) is 10.4. The molecule has 0 N–H and O–H groups in total. The maximum Gasteiger partial charge on any atom is 0.271 e. The van der Waals surface area contributed by atoms with Crippen LogP contribution in [-0.2, 0) is 4.79 Å². The summed E-state index contributed by atoms with van der Waals surface area (Å²) < 4.78 is 13.5. The first-order valence-electron chi connectivity index (χ1n) is 8.65. The predicted octanol–water partition coefficient (Wildman–Crippen LogP) is 3.72. The minimum Gasteiger partial charge on any atom is -0.550 e. The second-order valence-corrected chi connectivity index (χ2v) is 9.68. The van der Waals surface area contributed by atoms with E-state index < -0.39 is 20.5 Å². The van der Waals surface area contributed by atoms with E-state index >= 15 is 0 Å². The van der Waals surface area contributed by atoms with E-state index in [1.807, 2.05) is 0 Å². The monoisotopic (exact) mass is 312 g/mol. The summed E-state index contributed by atoms with van der Waals surface area (Å²) in [6.45, 7) is 4.52. The number of aliphatic carboxylic acids is 1. The van der Waals surface area contributed by atoms with Crippen LogP contribution in [0.5, 0.6) is 0 Å². The fourth-order valence-corrected chi connectivity index (χ4v) is 6.00. The largest absolute Gasteiger partial charge is 0.550 e. The molecule has 0 bridgehead atoms. The van der Waals surface area contributed by atoms with Gasteiger partial charge in [0.2, 0.25) is 0 Å². The van der Waals surface area contributed by atoms with Gasteiger partial charge in [0.25, 0.3) is 9.13 Å². The van der Waals surface area contributed by atoms with E-state index in [4.69, 9.17) is 0 Å². The van der Waals surface area contributed by atoms with Crippen molar-refractivity contribution in [1.82, 2.24) is 0 Å². The summed E-state index contributed by atoms with van der Waals surface area (Å²) in [4.78, 5) is 11.8. The summed E-state index contributed by atoms with van der Waals surface area (Å²) in [6, 6.07) is 1.01. The van der Waals surface area contributed by atoms with Crippen molar-refractivity contribution in [2.24, 2.45) is 23.2 Å². The molecule has 2 nitrogen and oxygen atoms in total. The molecule has 0 aromatic rings. The Bertz CT molecular complexity index is 343. The van der Waals surface area contributed by atoms with Gasteiger partial charge in [-0.05, 0) is 55.5 Å². The van der Waals surface area contributed by atoms with E-state index in [0.717, 1.165) is 37.5 Å². The first-order chi connectivity index (χ1) is 9.94. The molecule has 21 heavy (non-hydrogen) atoms. The van der Waals surface area contributed by atoms with Crippen molar-refractivity contribution in [3.05, 3.63) is 0 Å². The van der Waals surface area contributed by atoms with Crippen molar-refractivity contribution < 1.29 is 14.0 Å². The Balaban J connectivity index is 1.91. The zero-order chi connectivity index (χ0) is 15.5. The van der Waals surface area contributed by atoms with Crippen LogP contribution < -0.4 is 5.11 Å². The predicted molar refractivity (Wildman–Crippen MR) is 82.7 cm³/mol. The van der Waals surface area contributed by atoms with Crippen molar-refractivity contribution in [2.75, 3.05) is 0 Å². The topological polar surface area (TPSA) is 40.1 Å². The summed E-state index contributed by atoms with van der Waals surface area (Å²) in [5, 5.41) is 11.8. The second-order valence-electron chi connectivity index (χ2n) is 7.65. The average molecular weight is 313 g/mol. The number of rotatable bonds is 5. The Morgan fingerprint density at radius 2 is 1.81 bits per heavy atom. The Labute approximate surface area is 130 Å². The molecule has 0 unspecified atom stereocenters. The second kappa shape index (κ2) is 7.25. The molecule has 0 atom stereocenters. The minimum atomic E-state index is -1.75. The van der Waals surface area contributed by atoms with E-state index in [-0.39, 0.29) is 5.92 Å². The normalized spacial score (nSPS) is 30.5. The number of carbonyl (C=O) groups excluding carboxylic acids is 1. The SMILES string of the molecule is CC(C)CCC1CCC(C2(C(=O)[O-])CC[Si](F)CC2)CC1. The van der Waals surface area contributed by atoms with E-state index in [0.29, 0.717) is 24.9 Å². The van der Waals surface area contributed by atoms with Crippen molar-refractivity contribution in [2.45, 2.75) is 77.3 Å². The highest BCUT2D eigenvalue weighted by atomic mass is 28.3. The van der Waals surface area contributed by atoms with Crippen LogP contribution in [0.3, 0.4) is 0 Å². The van der Waals surface area contributed by atoms with Gasteiger partial charge in [-0.15, -0.1) is 0 Å². The maximum absolute atomic E-state index is 13.5. The van der Waals surface area contributed by atoms with Crippen molar-refractivity contribution in [3.8, 4) is 0 Å². The molecule has 1 saturated heterocycles. The zero-order valence-electron chi connectivity index (χ0n) is 13.5. The van der Waals surface area contributed by atoms with E-state index in [2.05, 4.69) is 13.8 Å². The van der Waals surface area contributed by atoms with Crippen LogP contribution in [0.1, 0.15) is 65.2 Å². The zero-order valence-corrected chi connectivity index (χ0v) is 14.5. The lowest BCUT2D eigenvalue weighted by Gasteiger charge is -2.47. The smallest absolute Gasteiger partial charge is 0.271 e. The standard InChI is InChI=1S/C17H30FO2Si/c1-13(2)3-4-14-5-7-15(8-6-14)17(16(19)20)9-11-21(18)12-10-17/h13-15H,3-12H2,1-2H3,(H,19,20)/p-1. The number of hydrogen-bond acceptors (Lipinski definition) is 2. The molecule has 0 aromatic carbocycles. The van der Waals surface area contributed by atoms with Gasteiger partial charge in [-0.2, -0.15) is 0 Å². The molecule has 0 spiro atoms. The molecule has 1 aliphatic heterocycles. The lowest BCUT2D eigenvalue weighted by Crippen LogP contribution is -2.50. The van der Waals surface area contributed by atoms with E-state index in [9.17, 15) is 14.0 Å². The van der Waals surface area contributed by atoms with E-state index in [1.165, 1.54) is 12.8 Å². The van der Waals surface area contributed by atoms with Crippen LogP contribution in [0, 0.1) is 23.2 Å². The Kier molecular flexibility index (Phi) is 5.86. The molecule has 2 fully saturated rings. The van der Waals surface area contributed by atoms with Gasteiger partial charge in [-0.1, -0.05) is 39.5 Å². The molecule has 2 aliphatic rings. The van der Waals surface area contributed by atoms with Crippen LogP contribution in [0.25, 0.3) is 0 Å². The van der Waals surface area contributed by atoms with Crippen LogP contribution in [0.2, 0.25) is 12.1 Å². The van der Waals surface area contributed by atoms with Gasteiger partial charge in [-0.25, -0.2) is 0 Å². The third kappa shape index (κ3) is 4.08. The number of halogens is 1. The molecule has 1 aliphatic carbocycles. The summed E-state index contributed by atoms with van der Waals surface area (Å²) in [5.41, 5.74) is -0.705.